The Hall–Kier alpha value is -3.15. The van der Waals surface area contributed by atoms with Gasteiger partial charge in [-0.15, -0.1) is 0 Å². The Morgan fingerprint density at radius 2 is 0.732 bits per heavy atom. The second-order valence-corrected chi connectivity index (χ2v) is 15.0. The first-order valence-electron chi connectivity index (χ1n) is 23.0. The molecular weight excluding hydrogens is 697 g/mol. The van der Waals surface area contributed by atoms with Gasteiger partial charge in [0.2, 0.25) is 0 Å². The van der Waals surface area contributed by atoms with E-state index in [2.05, 4.69) is 57.2 Å². The normalized spacial score (nSPS) is 12.7. The maximum Gasteiger partial charge on any atom is 0.306 e. The Kier molecular flexibility index (Phi) is 42.1. The van der Waals surface area contributed by atoms with Gasteiger partial charge in [0, 0.05) is 19.3 Å². The first kappa shape index (κ1) is 52.9. The highest BCUT2D eigenvalue weighted by Gasteiger charge is 2.19. The van der Waals surface area contributed by atoms with E-state index in [1.807, 2.05) is 36.5 Å². The summed E-state index contributed by atoms with van der Waals surface area (Å²) in [6.07, 6.45) is 54.6. The van der Waals surface area contributed by atoms with E-state index in [0.717, 1.165) is 89.9 Å². The molecule has 6 nitrogen and oxygen atoms in total. The lowest BCUT2D eigenvalue weighted by atomic mass is 10.1. The maximum atomic E-state index is 12.7. The number of rotatable bonds is 40. The van der Waals surface area contributed by atoms with Crippen molar-refractivity contribution in [3.05, 3.63) is 72.9 Å². The minimum Gasteiger partial charge on any atom is -0.462 e. The zero-order valence-electron chi connectivity index (χ0n) is 36.4. The molecule has 0 bridgehead atoms. The molecule has 0 fully saturated rings. The molecule has 0 heterocycles. The van der Waals surface area contributed by atoms with Crippen LogP contribution in [0.5, 0.6) is 0 Å². The number of carbonyl (C=O) groups excluding carboxylic acids is 3. The standard InChI is InChI=1S/C50H84O6/c1-4-7-10-13-16-19-22-24-26-28-31-34-37-40-43-49(52)55-46-47(45-54-48(51)42-39-36-33-30-27-21-18-15-12-9-6-3)56-50(53)44-41-38-35-32-29-25-23-20-17-14-11-8-5-2/h8,11,14-15,17-18,20,23,25-26,28-29,47H,4-7,9-10,12-13,16,19,21-22,24,27,30-46H2,1-3H3/b11-8-,17-14-,18-15-,23-20-,28-26-,29-25-. The van der Waals surface area contributed by atoms with Crippen LogP contribution in [-0.2, 0) is 28.6 Å². The van der Waals surface area contributed by atoms with Crippen LogP contribution >= 0.6 is 0 Å². The van der Waals surface area contributed by atoms with Gasteiger partial charge in [-0.3, -0.25) is 14.4 Å². The van der Waals surface area contributed by atoms with E-state index in [4.69, 9.17) is 14.2 Å². The molecule has 56 heavy (non-hydrogen) atoms. The van der Waals surface area contributed by atoms with Crippen LogP contribution in [0.4, 0.5) is 0 Å². The molecule has 0 rings (SSSR count). The maximum absolute atomic E-state index is 12.7. The van der Waals surface area contributed by atoms with Crippen LogP contribution < -0.4 is 0 Å². The van der Waals surface area contributed by atoms with Crippen molar-refractivity contribution in [1.29, 1.82) is 0 Å². The highest BCUT2D eigenvalue weighted by molar-refractivity contribution is 5.71. The lowest BCUT2D eigenvalue weighted by Crippen LogP contribution is -2.30. The Labute approximate surface area is 344 Å². The summed E-state index contributed by atoms with van der Waals surface area (Å²) < 4.78 is 16.6. The van der Waals surface area contributed by atoms with Crippen LogP contribution in [0.15, 0.2) is 72.9 Å². The number of carbonyl (C=O) groups is 3. The summed E-state index contributed by atoms with van der Waals surface area (Å²) in [5.74, 6) is -0.972. The monoisotopic (exact) mass is 781 g/mol. The van der Waals surface area contributed by atoms with Crippen LogP contribution in [0.1, 0.15) is 207 Å². The van der Waals surface area contributed by atoms with E-state index >= 15 is 0 Å². The van der Waals surface area contributed by atoms with Crippen LogP contribution in [-0.4, -0.2) is 37.2 Å². The van der Waals surface area contributed by atoms with Gasteiger partial charge in [0.15, 0.2) is 6.10 Å². The van der Waals surface area contributed by atoms with Gasteiger partial charge in [-0.25, -0.2) is 0 Å². The van der Waals surface area contributed by atoms with Crippen molar-refractivity contribution in [1.82, 2.24) is 0 Å². The number of hydrogen-bond acceptors (Lipinski definition) is 6. The third-order valence-electron chi connectivity index (χ3n) is 9.51. The molecule has 0 aliphatic carbocycles. The zero-order chi connectivity index (χ0) is 40.8. The third-order valence-corrected chi connectivity index (χ3v) is 9.51. The fourth-order valence-corrected chi connectivity index (χ4v) is 6.01. The Morgan fingerprint density at radius 3 is 1.21 bits per heavy atom. The second kappa shape index (κ2) is 44.6. The topological polar surface area (TPSA) is 78.9 Å². The van der Waals surface area contributed by atoms with Crippen molar-refractivity contribution < 1.29 is 28.6 Å². The van der Waals surface area contributed by atoms with Crippen molar-refractivity contribution >= 4 is 17.9 Å². The first-order valence-corrected chi connectivity index (χ1v) is 23.0. The fraction of sp³-hybridized carbons (Fsp3) is 0.700. The van der Waals surface area contributed by atoms with Crippen molar-refractivity contribution in [2.75, 3.05) is 13.2 Å². The van der Waals surface area contributed by atoms with Gasteiger partial charge in [0.25, 0.3) is 0 Å². The summed E-state index contributed by atoms with van der Waals surface area (Å²) in [5, 5.41) is 0. The molecule has 0 aliphatic rings. The average molecular weight is 781 g/mol. The number of hydrogen-bond donors (Lipinski definition) is 0. The molecule has 0 N–H and O–H groups in total. The van der Waals surface area contributed by atoms with E-state index < -0.39 is 6.10 Å². The van der Waals surface area contributed by atoms with E-state index in [1.54, 1.807) is 0 Å². The molecule has 0 amide bonds. The van der Waals surface area contributed by atoms with Gasteiger partial charge >= 0.3 is 17.9 Å². The minimum atomic E-state index is -0.802. The molecule has 0 spiro atoms. The van der Waals surface area contributed by atoms with Gasteiger partial charge in [-0.1, -0.05) is 177 Å². The second-order valence-electron chi connectivity index (χ2n) is 15.0. The summed E-state index contributed by atoms with van der Waals surface area (Å²) in [5.41, 5.74) is 0. The first-order chi connectivity index (χ1) is 27.5. The van der Waals surface area contributed by atoms with Crippen LogP contribution in [0.3, 0.4) is 0 Å². The quantitative estimate of drug-likeness (QED) is 0.0203. The smallest absolute Gasteiger partial charge is 0.306 e. The molecule has 0 aromatic heterocycles. The molecule has 0 aliphatic heterocycles. The van der Waals surface area contributed by atoms with Crippen molar-refractivity contribution in [2.45, 2.75) is 213 Å². The minimum absolute atomic E-state index is 0.101. The number of unbranched alkanes of at least 4 members (excludes halogenated alkanes) is 20. The van der Waals surface area contributed by atoms with Gasteiger partial charge < -0.3 is 14.2 Å². The van der Waals surface area contributed by atoms with E-state index in [9.17, 15) is 14.4 Å². The van der Waals surface area contributed by atoms with Gasteiger partial charge in [0.1, 0.15) is 13.2 Å². The van der Waals surface area contributed by atoms with Crippen LogP contribution in [0.2, 0.25) is 0 Å². The SMILES string of the molecule is CC\C=C/C=C\C=C/C=C\CCCCCC(=O)OC(COC(=O)CCCCC/C=C\CCCCCCCCC)COC(=O)CCCCCCC/C=C\CCCC. The van der Waals surface area contributed by atoms with Gasteiger partial charge in [0.05, 0.1) is 0 Å². The van der Waals surface area contributed by atoms with Crippen molar-refractivity contribution in [3.8, 4) is 0 Å². The van der Waals surface area contributed by atoms with Crippen molar-refractivity contribution in [3.63, 3.8) is 0 Å². The summed E-state index contributed by atoms with van der Waals surface area (Å²) in [4.78, 5) is 37.7. The molecule has 0 saturated carbocycles. The number of ether oxygens (including phenoxy) is 3. The average Bonchev–Trinajstić information content (AvgIpc) is 3.19. The molecule has 1 unspecified atom stereocenters. The molecule has 0 aromatic rings. The zero-order valence-corrected chi connectivity index (χ0v) is 36.4. The summed E-state index contributed by atoms with van der Waals surface area (Å²) >= 11 is 0. The number of esters is 3. The summed E-state index contributed by atoms with van der Waals surface area (Å²) in [7, 11) is 0. The van der Waals surface area contributed by atoms with Gasteiger partial charge in [-0.2, -0.15) is 0 Å². The molecule has 320 valence electrons. The van der Waals surface area contributed by atoms with Crippen molar-refractivity contribution in [2.24, 2.45) is 0 Å². The van der Waals surface area contributed by atoms with E-state index in [0.29, 0.717) is 19.3 Å². The Balaban J connectivity index is 4.48. The summed E-state index contributed by atoms with van der Waals surface area (Å²) in [6, 6.07) is 0. The number of allylic oxidation sites excluding steroid dienone is 12. The molecule has 0 aromatic carbocycles. The summed E-state index contributed by atoms with van der Waals surface area (Å²) in [6.45, 7) is 6.38. The lowest BCUT2D eigenvalue weighted by Gasteiger charge is -2.18. The van der Waals surface area contributed by atoms with E-state index in [-0.39, 0.29) is 37.5 Å². The Bertz CT molecular complexity index is 1080. The third kappa shape index (κ3) is 42.0. The molecule has 0 saturated heterocycles. The predicted molar refractivity (Wildman–Crippen MR) is 238 cm³/mol. The largest absolute Gasteiger partial charge is 0.462 e. The highest BCUT2D eigenvalue weighted by Crippen LogP contribution is 2.13. The van der Waals surface area contributed by atoms with Crippen LogP contribution in [0.25, 0.3) is 0 Å². The molecule has 0 radical (unpaired) electrons. The molecular formula is C50H84O6. The lowest BCUT2D eigenvalue weighted by molar-refractivity contribution is -0.167. The van der Waals surface area contributed by atoms with Gasteiger partial charge in [-0.05, 0) is 83.5 Å². The van der Waals surface area contributed by atoms with E-state index in [1.165, 1.54) is 70.6 Å². The highest BCUT2D eigenvalue weighted by atomic mass is 16.6. The Morgan fingerprint density at radius 1 is 0.375 bits per heavy atom. The van der Waals surface area contributed by atoms with Crippen LogP contribution in [0, 0.1) is 0 Å². The fourth-order valence-electron chi connectivity index (χ4n) is 6.01. The molecule has 1 atom stereocenters. The molecule has 6 heteroatoms. The predicted octanol–water partition coefficient (Wildman–Crippen LogP) is 14.7.